The minimum absolute atomic E-state index is 0.595. The summed E-state index contributed by atoms with van der Waals surface area (Å²) in [6.07, 6.45) is 0. The summed E-state index contributed by atoms with van der Waals surface area (Å²) in [7, 11) is 0. The SMILES string of the molecule is c1ccc(-c2nc(-c3ccc4c(c3)c3ccccc3n4-c3ccccc3)nc(-c3cc(-c4ccccc4)c(-n4c5cc6ccccc6cc5c5c6ccccc6ccc54)cc3-c3ccccc3)n2)cc1. The van der Waals surface area contributed by atoms with Crippen LogP contribution in [0.15, 0.2) is 249 Å². The number of aromatic nitrogens is 5. The first-order valence-corrected chi connectivity index (χ1v) is 23.8. The Morgan fingerprint density at radius 1 is 0.257 bits per heavy atom. The molecule has 0 atom stereocenters. The number of hydrogen-bond donors (Lipinski definition) is 0. The second kappa shape index (κ2) is 16.1. The van der Waals surface area contributed by atoms with Gasteiger partial charge in [-0.1, -0.05) is 182 Å². The maximum atomic E-state index is 5.50. The molecule has 0 unspecified atom stereocenters. The standard InChI is InChI=1S/C65H41N5/c1-5-19-42(20-6-1)52-41-61(70-59-36-33-44-23-15-16-30-50(44)62(59)56-37-46-26-13-14-27-47(46)39-60(56)70)53(43-21-7-2-8-22-43)40-55(52)65-67-63(45-24-9-3-10-25-45)66-64(68-65)48-34-35-58-54(38-48)51-31-17-18-32-57(51)69(58)49-28-11-4-12-29-49/h1-41H. The van der Waals surface area contributed by atoms with E-state index in [4.69, 9.17) is 15.0 Å². The summed E-state index contributed by atoms with van der Waals surface area (Å²) >= 11 is 0. The monoisotopic (exact) mass is 891 g/mol. The Bertz CT molecular complexity index is 4330. The molecule has 3 heterocycles. The van der Waals surface area contributed by atoms with Crippen molar-refractivity contribution in [1.29, 1.82) is 0 Å². The van der Waals surface area contributed by atoms with Crippen LogP contribution in [-0.4, -0.2) is 24.1 Å². The van der Waals surface area contributed by atoms with Gasteiger partial charge in [0.2, 0.25) is 0 Å². The van der Waals surface area contributed by atoms with Crippen LogP contribution in [0, 0.1) is 0 Å². The summed E-state index contributed by atoms with van der Waals surface area (Å²) < 4.78 is 4.82. The van der Waals surface area contributed by atoms with Crippen LogP contribution < -0.4 is 0 Å². The number of hydrogen-bond acceptors (Lipinski definition) is 3. The van der Waals surface area contributed by atoms with Gasteiger partial charge in [-0.15, -0.1) is 0 Å². The largest absolute Gasteiger partial charge is 0.309 e. The van der Waals surface area contributed by atoms with Gasteiger partial charge in [0.25, 0.3) is 0 Å². The molecule has 0 bridgehead atoms. The van der Waals surface area contributed by atoms with Gasteiger partial charge in [-0.05, 0) is 105 Å². The summed E-state index contributed by atoms with van der Waals surface area (Å²) in [4.78, 5) is 16.2. The fourth-order valence-electron chi connectivity index (χ4n) is 10.7. The van der Waals surface area contributed by atoms with Crippen molar-refractivity contribution in [3.8, 4) is 67.8 Å². The van der Waals surface area contributed by atoms with Crippen molar-refractivity contribution in [2.24, 2.45) is 0 Å². The third-order valence-electron chi connectivity index (χ3n) is 13.9. The van der Waals surface area contributed by atoms with Crippen molar-refractivity contribution < 1.29 is 0 Å². The zero-order valence-electron chi connectivity index (χ0n) is 37.9. The molecule has 0 aliphatic heterocycles. The van der Waals surface area contributed by atoms with Crippen LogP contribution in [0.4, 0.5) is 0 Å². The molecular weight excluding hydrogens is 851 g/mol. The Kier molecular flexibility index (Phi) is 9.14. The maximum absolute atomic E-state index is 5.50. The minimum atomic E-state index is 0.595. The van der Waals surface area contributed by atoms with Crippen molar-refractivity contribution in [2.45, 2.75) is 0 Å². The van der Waals surface area contributed by atoms with Crippen LogP contribution in [0.2, 0.25) is 0 Å². The van der Waals surface area contributed by atoms with Crippen LogP contribution >= 0.6 is 0 Å². The van der Waals surface area contributed by atoms with Crippen LogP contribution in [0.1, 0.15) is 0 Å². The van der Waals surface area contributed by atoms with Gasteiger partial charge >= 0.3 is 0 Å². The first kappa shape index (κ1) is 39.7. The molecule has 0 saturated carbocycles. The summed E-state index contributed by atoms with van der Waals surface area (Å²) in [5, 5.41) is 9.61. The Morgan fingerprint density at radius 3 is 1.53 bits per heavy atom. The van der Waals surface area contributed by atoms with E-state index in [0.717, 1.165) is 77.8 Å². The molecule has 0 radical (unpaired) electrons. The van der Waals surface area contributed by atoms with Gasteiger partial charge in [-0.25, -0.2) is 15.0 Å². The lowest BCUT2D eigenvalue weighted by atomic mass is 9.92. The lowest BCUT2D eigenvalue weighted by Crippen LogP contribution is -2.04. The third-order valence-corrected chi connectivity index (χ3v) is 13.9. The van der Waals surface area contributed by atoms with Crippen molar-refractivity contribution in [2.75, 3.05) is 0 Å². The lowest BCUT2D eigenvalue weighted by molar-refractivity contribution is 1.07. The molecule has 70 heavy (non-hydrogen) atoms. The van der Waals surface area contributed by atoms with E-state index >= 15 is 0 Å². The zero-order valence-corrected chi connectivity index (χ0v) is 37.9. The molecule has 326 valence electrons. The van der Waals surface area contributed by atoms with E-state index in [9.17, 15) is 0 Å². The number of para-hydroxylation sites is 2. The first-order chi connectivity index (χ1) is 34.7. The number of benzene rings is 11. The van der Waals surface area contributed by atoms with Crippen molar-refractivity contribution in [1.82, 2.24) is 24.1 Å². The molecule has 0 aliphatic carbocycles. The Labute approximate surface area is 403 Å². The van der Waals surface area contributed by atoms with Gasteiger partial charge in [0, 0.05) is 49.5 Å². The van der Waals surface area contributed by atoms with Gasteiger partial charge in [0.1, 0.15) is 0 Å². The minimum Gasteiger partial charge on any atom is -0.309 e. The van der Waals surface area contributed by atoms with Crippen molar-refractivity contribution >= 4 is 65.2 Å². The van der Waals surface area contributed by atoms with Crippen LogP contribution in [0.5, 0.6) is 0 Å². The van der Waals surface area contributed by atoms with E-state index in [0.29, 0.717) is 17.5 Å². The second-order valence-electron chi connectivity index (χ2n) is 18.0. The molecular formula is C65H41N5. The quantitative estimate of drug-likeness (QED) is 0.160. The van der Waals surface area contributed by atoms with Gasteiger partial charge in [-0.2, -0.15) is 0 Å². The molecule has 0 fully saturated rings. The number of nitrogens with zero attached hydrogens (tertiary/aromatic N) is 5. The highest BCUT2D eigenvalue weighted by Crippen LogP contribution is 2.45. The van der Waals surface area contributed by atoms with E-state index in [1.807, 2.05) is 18.2 Å². The first-order valence-electron chi connectivity index (χ1n) is 23.8. The zero-order chi connectivity index (χ0) is 46.1. The van der Waals surface area contributed by atoms with E-state index in [-0.39, 0.29) is 0 Å². The van der Waals surface area contributed by atoms with E-state index in [1.54, 1.807) is 0 Å². The fraction of sp³-hybridized carbons (Fsp3) is 0. The molecule has 0 amide bonds. The average Bonchev–Trinajstić information content (AvgIpc) is 3.95. The van der Waals surface area contributed by atoms with E-state index in [1.165, 1.54) is 37.7 Å². The van der Waals surface area contributed by atoms with Gasteiger partial charge in [0.15, 0.2) is 17.5 Å². The highest BCUT2D eigenvalue weighted by atomic mass is 15.0. The Balaban J connectivity index is 1.07. The molecule has 14 rings (SSSR count). The summed E-state index contributed by atoms with van der Waals surface area (Å²) in [5.41, 5.74) is 13.7. The molecule has 5 heteroatoms. The van der Waals surface area contributed by atoms with Gasteiger partial charge < -0.3 is 9.13 Å². The average molecular weight is 892 g/mol. The van der Waals surface area contributed by atoms with Gasteiger partial charge in [-0.3, -0.25) is 0 Å². The highest BCUT2D eigenvalue weighted by molar-refractivity contribution is 6.23. The second-order valence-corrected chi connectivity index (χ2v) is 18.0. The molecule has 5 nitrogen and oxygen atoms in total. The Morgan fingerprint density at radius 2 is 0.800 bits per heavy atom. The molecule has 0 N–H and O–H groups in total. The summed E-state index contributed by atoms with van der Waals surface area (Å²) in [6.45, 7) is 0. The van der Waals surface area contributed by atoms with Crippen LogP contribution in [0.25, 0.3) is 133 Å². The molecule has 0 saturated heterocycles. The van der Waals surface area contributed by atoms with Crippen molar-refractivity contribution in [3.05, 3.63) is 249 Å². The summed E-state index contributed by atoms with van der Waals surface area (Å²) in [5.74, 6) is 1.81. The molecule has 3 aromatic heterocycles. The predicted octanol–water partition coefficient (Wildman–Crippen LogP) is 16.7. The van der Waals surface area contributed by atoms with E-state index < -0.39 is 0 Å². The highest BCUT2D eigenvalue weighted by Gasteiger charge is 2.24. The number of rotatable bonds is 7. The lowest BCUT2D eigenvalue weighted by Gasteiger charge is -2.20. The molecule has 0 spiro atoms. The fourth-order valence-corrected chi connectivity index (χ4v) is 10.7. The van der Waals surface area contributed by atoms with E-state index in [2.05, 4.69) is 240 Å². The molecule has 14 aromatic rings. The Hall–Kier alpha value is -9.45. The van der Waals surface area contributed by atoms with Crippen LogP contribution in [-0.2, 0) is 0 Å². The molecule has 11 aromatic carbocycles. The maximum Gasteiger partial charge on any atom is 0.164 e. The number of fused-ring (bicyclic) bond motifs is 9. The normalized spacial score (nSPS) is 11.7. The van der Waals surface area contributed by atoms with Crippen LogP contribution in [0.3, 0.4) is 0 Å². The topological polar surface area (TPSA) is 48.5 Å². The smallest absolute Gasteiger partial charge is 0.164 e. The van der Waals surface area contributed by atoms with Crippen molar-refractivity contribution in [3.63, 3.8) is 0 Å². The third kappa shape index (κ3) is 6.44. The van der Waals surface area contributed by atoms with Gasteiger partial charge in [0.05, 0.1) is 27.8 Å². The predicted molar refractivity (Wildman–Crippen MR) is 291 cm³/mol. The summed E-state index contributed by atoms with van der Waals surface area (Å²) in [6, 6.07) is 88.9. The molecule has 0 aliphatic rings.